The van der Waals surface area contributed by atoms with Gasteiger partial charge in [0.25, 0.3) is 0 Å². The van der Waals surface area contributed by atoms with Crippen LogP contribution >= 0.6 is 11.3 Å². The SMILES string of the molecule is Cc1nc(COCC2CN(C(=O)N(C)C)Cc3nccn3C2)cs1. The molecule has 8 heteroatoms. The number of carbonyl (C=O) groups excluding carboxylic acids is 1. The molecule has 3 heterocycles. The first-order valence-corrected chi connectivity index (χ1v) is 8.86. The first-order chi connectivity index (χ1) is 11.5. The lowest BCUT2D eigenvalue weighted by Gasteiger charge is -2.26. The van der Waals surface area contributed by atoms with Crippen molar-refractivity contribution in [3.05, 3.63) is 34.3 Å². The van der Waals surface area contributed by atoms with Crippen molar-refractivity contribution in [2.24, 2.45) is 5.92 Å². The number of aryl methyl sites for hydroxylation is 1. The van der Waals surface area contributed by atoms with E-state index in [1.165, 1.54) is 0 Å². The van der Waals surface area contributed by atoms with E-state index >= 15 is 0 Å². The number of ether oxygens (including phenoxy) is 1. The molecule has 0 radical (unpaired) electrons. The smallest absolute Gasteiger partial charge is 0.319 e. The molecule has 2 aromatic heterocycles. The third kappa shape index (κ3) is 3.93. The molecule has 0 aromatic carbocycles. The highest BCUT2D eigenvalue weighted by Gasteiger charge is 2.26. The molecular formula is C16H23N5O2S. The number of imidazole rings is 1. The van der Waals surface area contributed by atoms with E-state index in [4.69, 9.17) is 4.74 Å². The topological polar surface area (TPSA) is 63.5 Å². The van der Waals surface area contributed by atoms with E-state index in [0.717, 1.165) is 23.1 Å². The molecule has 1 unspecified atom stereocenters. The summed E-state index contributed by atoms with van der Waals surface area (Å²) < 4.78 is 7.98. The van der Waals surface area contributed by atoms with Crippen molar-refractivity contribution in [2.45, 2.75) is 26.6 Å². The van der Waals surface area contributed by atoms with Gasteiger partial charge in [0.15, 0.2) is 0 Å². The van der Waals surface area contributed by atoms with Gasteiger partial charge in [-0.2, -0.15) is 0 Å². The number of amides is 2. The second-order valence-corrected chi connectivity index (χ2v) is 7.35. The minimum atomic E-state index is 0.00609. The van der Waals surface area contributed by atoms with Crippen LogP contribution in [0.1, 0.15) is 16.5 Å². The molecule has 0 saturated carbocycles. The Morgan fingerprint density at radius 2 is 2.29 bits per heavy atom. The fourth-order valence-corrected chi connectivity index (χ4v) is 3.48. The van der Waals surface area contributed by atoms with Crippen molar-refractivity contribution in [2.75, 3.05) is 27.2 Å². The second kappa shape index (κ2) is 7.31. The van der Waals surface area contributed by atoms with Crippen molar-refractivity contribution >= 4 is 17.4 Å². The van der Waals surface area contributed by atoms with Crippen LogP contribution in [0.4, 0.5) is 4.79 Å². The van der Waals surface area contributed by atoms with Crippen molar-refractivity contribution in [1.82, 2.24) is 24.3 Å². The molecule has 7 nitrogen and oxygen atoms in total. The van der Waals surface area contributed by atoms with Crippen molar-refractivity contribution in [3.63, 3.8) is 0 Å². The molecule has 0 aliphatic carbocycles. The van der Waals surface area contributed by atoms with E-state index in [1.807, 2.05) is 23.4 Å². The number of hydrogen-bond acceptors (Lipinski definition) is 5. The van der Waals surface area contributed by atoms with Gasteiger partial charge in [-0.25, -0.2) is 14.8 Å². The molecule has 0 saturated heterocycles. The van der Waals surface area contributed by atoms with Crippen LogP contribution in [0.5, 0.6) is 0 Å². The average Bonchev–Trinajstić information content (AvgIpc) is 3.11. The zero-order chi connectivity index (χ0) is 17.1. The first kappa shape index (κ1) is 16.9. The Balaban J connectivity index is 1.64. The highest BCUT2D eigenvalue weighted by atomic mass is 32.1. The number of hydrogen-bond donors (Lipinski definition) is 0. The number of aromatic nitrogens is 3. The van der Waals surface area contributed by atoms with E-state index in [1.54, 1.807) is 36.5 Å². The van der Waals surface area contributed by atoms with Gasteiger partial charge in [0.1, 0.15) is 5.82 Å². The minimum absolute atomic E-state index is 0.00609. The summed E-state index contributed by atoms with van der Waals surface area (Å²) in [6, 6.07) is 0.00609. The molecule has 0 spiro atoms. The van der Waals surface area contributed by atoms with E-state index < -0.39 is 0 Å². The van der Waals surface area contributed by atoms with Crippen LogP contribution < -0.4 is 0 Å². The fourth-order valence-electron chi connectivity index (χ4n) is 2.88. The van der Waals surface area contributed by atoms with Crippen LogP contribution in [0.2, 0.25) is 0 Å². The minimum Gasteiger partial charge on any atom is -0.375 e. The summed E-state index contributed by atoms with van der Waals surface area (Å²) in [4.78, 5) is 24.6. The van der Waals surface area contributed by atoms with Gasteiger partial charge in [0.05, 0.1) is 30.5 Å². The standard InChI is InChI=1S/C16H23N5O2S/c1-12-18-14(11-24-12)10-23-9-13-6-20-5-4-17-15(20)8-21(7-13)16(22)19(2)3/h4-5,11,13H,6-10H2,1-3H3. The molecule has 3 rings (SSSR count). The number of rotatable bonds is 4. The van der Waals surface area contributed by atoms with E-state index in [-0.39, 0.29) is 11.9 Å². The molecule has 130 valence electrons. The second-order valence-electron chi connectivity index (χ2n) is 6.29. The Hall–Kier alpha value is -1.93. The van der Waals surface area contributed by atoms with Crippen LogP contribution in [0.3, 0.4) is 0 Å². The number of fused-ring (bicyclic) bond motifs is 1. The third-order valence-electron chi connectivity index (χ3n) is 3.99. The maximum atomic E-state index is 12.4. The molecule has 2 aromatic rings. The van der Waals surface area contributed by atoms with Crippen LogP contribution in [-0.2, 0) is 24.4 Å². The van der Waals surface area contributed by atoms with E-state index in [9.17, 15) is 4.79 Å². The Morgan fingerprint density at radius 3 is 3.00 bits per heavy atom. The molecule has 1 aliphatic heterocycles. The Kier molecular flexibility index (Phi) is 5.15. The van der Waals surface area contributed by atoms with Gasteiger partial charge in [0, 0.05) is 50.9 Å². The average molecular weight is 349 g/mol. The lowest BCUT2D eigenvalue weighted by molar-refractivity contribution is 0.0683. The van der Waals surface area contributed by atoms with Crippen molar-refractivity contribution in [3.8, 4) is 0 Å². The maximum Gasteiger partial charge on any atom is 0.319 e. The van der Waals surface area contributed by atoms with Crippen LogP contribution in [0.15, 0.2) is 17.8 Å². The highest BCUT2D eigenvalue weighted by molar-refractivity contribution is 7.09. The highest BCUT2D eigenvalue weighted by Crippen LogP contribution is 2.17. The fraction of sp³-hybridized carbons (Fsp3) is 0.562. The number of nitrogens with zero attached hydrogens (tertiary/aromatic N) is 5. The molecule has 0 bridgehead atoms. The molecule has 0 N–H and O–H groups in total. The van der Waals surface area contributed by atoms with Crippen LogP contribution in [0.25, 0.3) is 0 Å². The summed E-state index contributed by atoms with van der Waals surface area (Å²) >= 11 is 1.63. The summed E-state index contributed by atoms with van der Waals surface area (Å²) in [6.07, 6.45) is 3.75. The zero-order valence-electron chi connectivity index (χ0n) is 14.3. The maximum absolute atomic E-state index is 12.4. The van der Waals surface area contributed by atoms with Gasteiger partial charge in [-0.1, -0.05) is 0 Å². The molecule has 24 heavy (non-hydrogen) atoms. The van der Waals surface area contributed by atoms with Crippen LogP contribution in [0, 0.1) is 12.8 Å². The lowest BCUT2D eigenvalue weighted by Crippen LogP contribution is -2.41. The van der Waals surface area contributed by atoms with Gasteiger partial charge < -0.3 is 19.1 Å². The van der Waals surface area contributed by atoms with Gasteiger partial charge >= 0.3 is 6.03 Å². The predicted octanol–water partition coefficient (Wildman–Crippen LogP) is 1.98. The van der Waals surface area contributed by atoms with E-state index in [0.29, 0.717) is 26.3 Å². The van der Waals surface area contributed by atoms with Gasteiger partial charge in [0.2, 0.25) is 0 Å². The summed E-state index contributed by atoms with van der Waals surface area (Å²) in [5.41, 5.74) is 0.968. The zero-order valence-corrected chi connectivity index (χ0v) is 15.1. The lowest BCUT2D eigenvalue weighted by atomic mass is 10.1. The predicted molar refractivity (Wildman–Crippen MR) is 91.7 cm³/mol. The van der Waals surface area contributed by atoms with Crippen molar-refractivity contribution < 1.29 is 9.53 Å². The first-order valence-electron chi connectivity index (χ1n) is 7.98. The quantitative estimate of drug-likeness (QED) is 0.847. The van der Waals surface area contributed by atoms with Gasteiger partial charge in [-0.3, -0.25) is 0 Å². The van der Waals surface area contributed by atoms with E-state index in [2.05, 4.69) is 14.5 Å². The third-order valence-corrected chi connectivity index (χ3v) is 4.81. The summed E-state index contributed by atoms with van der Waals surface area (Å²) in [5, 5.41) is 3.08. The summed E-state index contributed by atoms with van der Waals surface area (Å²) in [5.74, 6) is 1.15. The molecule has 0 fully saturated rings. The summed E-state index contributed by atoms with van der Waals surface area (Å²) in [6.45, 7) is 5.10. The van der Waals surface area contributed by atoms with Gasteiger partial charge in [-0.15, -0.1) is 11.3 Å². The Morgan fingerprint density at radius 1 is 1.46 bits per heavy atom. The number of thiazole rings is 1. The molecule has 1 atom stereocenters. The molecule has 1 aliphatic rings. The Bertz CT molecular complexity index is 696. The molecule has 2 amide bonds. The number of urea groups is 1. The summed E-state index contributed by atoms with van der Waals surface area (Å²) in [7, 11) is 3.55. The van der Waals surface area contributed by atoms with Crippen LogP contribution in [-0.4, -0.2) is 57.6 Å². The largest absolute Gasteiger partial charge is 0.375 e. The normalized spacial score (nSPS) is 17.5. The van der Waals surface area contributed by atoms with Crippen molar-refractivity contribution in [1.29, 1.82) is 0 Å². The number of carbonyl (C=O) groups is 1. The van der Waals surface area contributed by atoms with Gasteiger partial charge in [-0.05, 0) is 6.92 Å². The molecular weight excluding hydrogens is 326 g/mol. The monoisotopic (exact) mass is 349 g/mol. The Labute approximate surface area is 145 Å².